The molecule has 0 aliphatic heterocycles. The summed E-state index contributed by atoms with van der Waals surface area (Å²) < 4.78 is 16.9. The molecular formula is C75H122O6. The number of hydrogen-bond donors (Lipinski definition) is 0. The van der Waals surface area contributed by atoms with Crippen molar-refractivity contribution in [1.29, 1.82) is 0 Å². The molecule has 0 aromatic heterocycles. The first kappa shape index (κ1) is 76.3. The molecule has 458 valence electrons. The number of hydrogen-bond acceptors (Lipinski definition) is 6. The van der Waals surface area contributed by atoms with E-state index in [0.29, 0.717) is 19.3 Å². The van der Waals surface area contributed by atoms with E-state index in [2.05, 4.69) is 167 Å². The summed E-state index contributed by atoms with van der Waals surface area (Å²) in [5, 5.41) is 0. The molecule has 0 aromatic rings. The largest absolute Gasteiger partial charge is 0.462 e. The smallest absolute Gasteiger partial charge is 0.306 e. The van der Waals surface area contributed by atoms with Crippen LogP contribution in [0.1, 0.15) is 290 Å². The quantitative estimate of drug-likeness (QED) is 0.0261. The molecule has 0 N–H and O–H groups in total. The van der Waals surface area contributed by atoms with Crippen molar-refractivity contribution in [2.24, 2.45) is 0 Å². The molecule has 81 heavy (non-hydrogen) atoms. The fraction of sp³-hybridized carbons (Fsp3) is 0.640. The number of ether oxygens (including phenoxy) is 3. The molecule has 0 rings (SSSR count). The van der Waals surface area contributed by atoms with Gasteiger partial charge in [0.15, 0.2) is 6.10 Å². The van der Waals surface area contributed by atoms with Crippen LogP contribution in [0, 0.1) is 0 Å². The maximum absolute atomic E-state index is 12.9. The second-order valence-electron chi connectivity index (χ2n) is 21.6. The van der Waals surface area contributed by atoms with Crippen LogP contribution in [0.15, 0.2) is 146 Å². The molecule has 0 bridgehead atoms. The Balaban J connectivity index is 4.49. The number of allylic oxidation sites excluding steroid dienone is 24. The van der Waals surface area contributed by atoms with Crippen LogP contribution in [0.3, 0.4) is 0 Å². The Bertz CT molecular complexity index is 1760. The van der Waals surface area contributed by atoms with Crippen LogP contribution >= 0.6 is 0 Å². The van der Waals surface area contributed by atoms with Gasteiger partial charge in [0.05, 0.1) is 0 Å². The van der Waals surface area contributed by atoms with E-state index in [-0.39, 0.29) is 37.5 Å². The van der Waals surface area contributed by atoms with Gasteiger partial charge in [-0.05, 0) is 141 Å². The van der Waals surface area contributed by atoms with Crippen molar-refractivity contribution >= 4 is 17.9 Å². The SMILES string of the molecule is CC/C=C\C/C=C\C/C=C\C/C=C\C/C=C\C/C=C\CCCCC(=O)OC(COC(=O)CCCCCCCCCCC/C=C\C/C=C\CCCCC)COC(=O)CCCCCCCCCCCC/C=C\C/C=C\C/C=C\C/C=C\CC. The Morgan fingerprint density at radius 1 is 0.259 bits per heavy atom. The fourth-order valence-electron chi connectivity index (χ4n) is 8.88. The number of esters is 3. The predicted octanol–water partition coefficient (Wildman–Crippen LogP) is 23.1. The Morgan fingerprint density at radius 3 is 0.778 bits per heavy atom. The fourth-order valence-corrected chi connectivity index (χ4v) is 8.88. The van der Waals surface area contributed by atoms with Crippen molar-refractivity contribution in [3.63, 3.8) is 0 Å². The second kappa shape index (κ2) is 67.8. The molecule has 0 aliphatic carbocycles. The average Bonchev–Trinajstić information content (AvgIpc) is 3.47. The summed E-state index contributed by atoms with van der Waals surface area (Å²) in [6.45, 7) is 6.36. The zero-order valence-electron chi connectivity index (χ0n) is 52.5. The summed E-state index contributed by atoms with van der Waals surface area (Å²) >= 11 is 0. The van der Waals surface area contributed by atoms with Crippen molar-refractivity contribution in [1.82, 2.24) is 0 Å². The lowest BCUT2D eigenvalue weighted by atomic mass is 10.1. The normalized spacial score (nSPS) is 13.1. The molecule has 0 heterocycles. The van der Waals surface area contributed by atoms with Crippen LogP contribution in [0.5, 0.6) is 0 Å². The molecule has 6 heteroatoms. The van der Waals surface area contributed by atoms with Crippen LogP contribution in [0.25, 0.3) is 0 Å². The highest BCUT2D eigenvalue weighted by Gasteiger charge is 2.19. The number of carbonyl (C=O) groups excluding carboxylic acids is 3. The first-order valence-electron chi connectivity index (χ1n) is 33.3. The third kappa shape index (κ3) is 66.0. The molecule has 0 fully saturated rings. The molecule has 0 saturated carbocycles. The van der Waals surface area contributed by atoms with Crippen molar-refractivity contribution < 1.29 is 28.6 Å². The van der Waals surface area contributed by atoms with Gasteiger partial charge in [-0.1, -0.05) is 276 Å². The molecule has 0 saturated heterocycles. The monoisotopic (exact) mass is 1120 g/mol. The maximum atomic E-state index is 12.9. The summed E-state index contributed by atoms with van der Waals surface area (Å²) in [7, 11) is 0. The lowest BCUT2D eigenvalue weighted by Gasteiger charge is -2.18. The predicted molar refractivity (Wildman–Crippen MR) is 352 cm³/mol. The van der Waals surface area contributed by atoms with Gasteiger partial charge in [0.2, 0.25) is 0 Å². The Labute approximate surface area is 499 Å². The lowest BCUT2D eigenvalue weighted by Crippen LogP contribution is -2.30. The van der Waals surface area contributed by atoms with Gasteiger partial charge in [0.25, 0.3) is 0 Å². The van der Waals surface area contributed by atoms with Gasteiger partial charge in [-0.25, -0.2) is 0 Å². The summed E-state index contributed by atoms with van der Waals surface area (Å²) in [5.41, 5.74) is 0. The minimum absolute atomic E-state index is 0.104. The van der Waals surface area contributed by atoms with Crippen LogP contribution in [0.2, 0.25) is 0 Å². The van der Waals surface area contributed by atoms with Crippen LogP contribution in [-0.2, 0) is 28.6 Å². The molecule has 0 amide bonds. The summed E-state index contributed by atoms with van der Waals surface area (Å²) in [6, 6.07) is 0. The first-order chi connectivity index (χ1) is 40.0. The zero-order chi connectivity index (χ0) is 58.5. The van der Waals surface area contributed by atoms with Crippen LogP contribution in [0.4, 0.5) is 0 Å². The minimum atomic E-state index is -0.813. The molecule has 0 aromatic carbocycles. The zero-order valence-corrected chi connectivity index (χ0v) is 52.5. The highest BCUT2D eigenvalue weighted by Crippen LogP contribution is 2.15. The average molecular weight is 1120 g/mol. The summed E-state index contributed by atoms with van der Waals surface area (Å²) in [6.07, 6.45) is 97.1. The molecule has 0 radical (unpaired) electrons. The Kier molecular flexibility index (Phi) is 63.9. The Hall–Kier alpha value is -4.71. The molecule has 0 spiro atoms. The van der Waals surface area contributed by atoms with Gasteiger partial charge >= 0.3 is 17.9 Å². The highest BCUT2D eigenvalue weighted by molar-refractivity contribution is 5.71. The third-order valence-corrected chi connectivity index (χ3v) is 13.8. The molecule has 1 atom stereocenters. The van der Waals surface area contributed by atoms with E-state index in [9.17, 15) is 14.4 Å². The van der Waals surface area contributed by atoms with Crippen LogP contribution < -0.4 is 0 Å². The first-order valence-corrected chi connectivity index (χ1v) is 33.3. The van der Waals surface area contributed by atoms with Crippen molar-refractivity contribution in [2.45, 2.75) is 297 Å². The van der Waals surface area contributed by atoms with E-state index in [4.69, 9.17) is 14.2 Å². The summed E-state index contributed by atoms with van der Waals surface area (Å²) in [4.78, 5) is 38.4. The van der Waals surface area contributed by atoms with Crippen molar-refractivity contribution in [3.8, 4) is 0 Å². The van der Waals surface area contributed by atoms with Crippen molar-refractivity contribution in [2.75, 3.05) is 13.2 Å². The molecular weight excluding hydrogens is 997 g/mol. The standard InChI is InChI=1S/C75H122O6/c1-4-7-10-13-16-19-22-25-28-31-34-36-37-39-41-44-47-50-53-56-59-62-65-68-74(77)80-71-72(70-79-73(76)67-64-61-58-55-52-49-46-43-40-33-30-27-24-21-18-15-12-9-6-3)81-75(78)69-66-63-60-57-54-51-48-45-42-38-35-32-29-26-23-20-17-14-11-8-5-2/h7-8,10-11,16-21,25-30,34-36,38,45,48,54,57,72H,4-6,9,12-15,22-24,31-33,37,39-44,46-47,49-53,55-56,58-71H2,1-3H3/b10-7-,11-8-,19-16-,20-17-,21-18-,28-25-,29-26-,30-27-,36-34-,38-35-,48-45-,57-54-. The topological polar surface area (TPSA) is 78.9 Å². The van der Waals surface area contributed by atoms with E-state index < -0.39 is 6.10 Å². The number of carbonyl (C=O) groups is 3. The van der Waals surface area contributed by atoms with E-state index in [1.807, 2.05) is 0 Å². The van der Waals surface area contributed by atoms with Gasteiger partial charge in [-0.2, -0.15) is 0 Å². The Morgan fingerprint density at radius 2 is 0.481 bits per heavy atom. The van der Waals surface area contributed by atoms with E-state index in [1.165, 1.54) is 122 Å². The van der Waals surface area contributed by atoms with Gasteiger partial charge in [0.1, 0.15) is 13.2 Å². The van der Waals surface area contributed by atoms with Gasteiger partial charge in [0, 0.05) is 19.3 Å². The minimum Gasteiger partial charge on any atom is -0.462 e. The highest BCUT2D eigenvalue weighted by atomic mass is 16.6. The lowest BCUT2D eigenvalue weighted by molar-refractivity contribution is -0.167. The number of unbranched alkanes of at least 4 members (excludes halogenated alkanes) is 24. The third-order valence-electron chi connectivity index (χ3n) is 13.8. The molecule has 1 unspecified atom stereocenters. The molecule has 6 nitrogen and oxygen atoms in total. The maximum Gasteiger partial charge on any atom is 0.306 e. The summed E-state index contributed by atoms with van der Waals surface area (Å²) in [5.74, 6) is -0.952. The van der Waals surface area contributed by atoms with Crippen molar-refractivity contribution in [3.05, 3.63) is 146 Å². The van der Waals surface area contributed by atoms with Gasteiger partial charge in [-0.15, -0.1) is 0 Å². The van der Waals surface area contributed by atoms with Gasteiger partial charge < -0.3 is 14.2 Å². The number of rotatable bonds is 59. The van der Waals surface area contributed by atoms with E-state index in [0.717, 1.165) is 122 Å². The van der Waals surface area contributed by atoms with Crippen LogP contribution in [-0.4, -0.2) is 37.2 Å². The molecule has 0 aliphatic rings. The van der Waals surface area contributed by atoms with E-state index >= 15 is 0 Å². The second-order valence-corrected chi connectivity index (χ2v) is 21.6. The van der Waals surface area contributed by atoms with E-state index in [1.54, 1.807) is 0 Å². The van der Waals surface area contributed by atoms with Gasteiger partial charge in [-0.3, -0.25) is 14.4 Å².